The summed E-state index contributed by atoms with van der Waals surface area (Å²) in [5.74, 6) is 0.675. The van der Waals surface area contributed by atoms with Crippen molar-refractivity contribution in [2.75, 3.05) is 0 Å². The number of hydrogen-bond acceptors (Lipinski definition) is 2. The number of allylic oxidation sites excluding steroid dienone is 1. The summed E-state index contributed by atoms with van der Waals surface area (Å²) in [7, 11) is -3.39. The second-order valence-corrected chi connectivity index (χ2v) is 6.09. The Labute approximate surface area is 86.4 Å². The zero-order chi connectivity index (χ0) is 10.8. The molecule has 0 aromatic heterocycles. The van der Waals surface area contributed by atoms with Gasteiger partial charge in [0.05, 0.1) is 5.25 Å². The van der Waals surface area contributed by atoms with Gasteiger partial charge < -0.3 is 0 Å². The number of hydrogen-bond donors (Lipinski definition) is 1. The molecular weight excluding hydrogens is 198 g/mol. The minimum atomic E-state index is -3.39. The van der Waals surface area contributed by atoms with Gasteiger partial charge in [0.2, 0.25) is 10.0 Å². The minimum Gasteiger partial charge on any atom is -0.228 e. The van der Waals surface area contributed by atoms with Gasteiger partial charge in [-0.05, 0) is 24.7 Å². The molecule has 0 saturated heterocycles. The summed E-state index contributed by atoms with van der Waals surface area (Å²) in [6.45, 7) is 5.55. The van der Waals surface area contributed by atoms with E-state index in [0.29, 0.717) is 12.3 Å². The SMILES string of the molecule is C=CC[C@H](C)[C@H](CC1CC1)S(N)(=O)=O. The van der Waals surface area contributed by atoms with Gasteiger partial charge in [-0.2, -0.15) is 0 Å². The Morgan fingerprint density at radius 3 is 2.50 bits per heavy atom. The van der Waals surface area contributed by atoms with Crippen LogP contribution in [0.15, 0.2) is 12.7 Å². The van der Waals surface area contributed by atoms with Crippen LogP contribution in [0.4, 0.5) is 0 Å². The number of rotatable bonds is 6. The van der Waals surface area contributed by atoms with Crippen molar-refractivity contribution in [2.24, 2.45) is 17.0 Å². The van der Waals surface area contributed by atoms with Gasteiger partial charge >= 0.3 is 0 Å². The summed E-state index contributed by atoms with van der Waals surface area (Å²) >= 11 is 0. The molecule has 1 aliphatic rings. The molecule has 1 aliphatic carbocycles. The molecule has 2 N–H and O–H groups in total. The lowest BCUT2D eigenvalue weighted by molar-refractivity contribution is 0.473. The third-order valence-corrected chi connectivity index (χ3v) is 4.36. The summed E-state index contributed by atoms with van der Waals surface area (Å²) in [5.41, 5.74) is 0. The number of sulfonamides is 1. The largest absolute Gasteiger partial charge is 0.228 e. The van der Waals surface area contributed by atoms with Crippen molar-refractivity contribution >= 4 is 10.0 Å². The van der Waals surface area contributed by atoms with Crippen LogP contribution in [0.2, 0.25) is 0 Å². The smallest absolute Gasteiger partial charge is 0.212 e. The number of nitrogens with two attached hydrogens (primary N) is 1. The molecule has 0 amide bonds. The predicted molar refractivity (Wildman–Crippen MR) is 58.2 cm³/mol. The van der Waals surface area contributed by atoms with Crippen LogP contribution in [0.1, 0.15) is 32.6 Å². The standard InChI is InChI=1S/C10H19NO2S/c1-3-4-8(2)10(14(11,12)13)7-9-5-6-9/h3,8-10H,1,4-7H2,2H3,(H2,11,12,13)/t8-,10-/m0/s1. The van der Waals surface area contributed by atoms with Crippen LogP contribution in [0.5, 0.6) is 0 Å². The second-order valence-electron chi connectivity index (χ2n) is 4.31. The highest BCUT2D eigenvalue weighted by Gasteiger charge is 2.34. The van der Waals surface area contributed by atoms with Crippen LogP contribution in [-0.2, 0) is 10.0 Å². The fourth-order valence-electron chi connectivity index (χ4n) is 1.79. The maximum absolute atomic E-state index is 11.4. The Balaban J connectivity index is 2.64. The average molecular weight is 217 g/mol. The van der Waals surface area contributed by atoms with Crippen molar-refractivity contribution in [3.63, 3.8) is 0 Å². The van der Waals surface area contributed by atoms with E-state index in [1.54, 1.807) is 6.08 Å². The highest BCUT2D eigenvalue weighted by atomic mass is 32.2. The molecule has 0 aromatic rings. The van der Waals surface area contributed by atoms with Gasteiger partial charge in [0.15, 0.2) is 0 Å². The lowest BCUT2D eigenvalue weighted by atomic mass is 9.99. The zero-order valence-corrected chi connectivity index (χ0v) is 9.46. The van der Waals surface area contributed by atoms with Gasteiger partial charge in [-0.15, -0.1) is 6.58 Å². The fraction of sp³-hybridized carbons (Fsp3) is 0.800. The van der Waals surface area contributed by atoms with E-state index in [1.165, 1.54) is 0 Å². The maximum atomic E-state index is 11.4. The molecule has 0 bridgehead atoms. The topological polar surface area (TPSA) is 60.2 Å². The Morgan fingerprint density at radius 2 is 2.14 bits per heavy atom. The van der Waals surface area contributed by atoms with Crippen molar-refractivity contribution in [3.05, 3.63) is 12.7 Å². The van der Waals surface area contributed by atoms with E-state index in [4.69, 9.17) is 5.14 Å². The quantitative estimate of drug-likeness (QED) is 0.688. The molecule has 1 fully saturated rings. The van der Waals surface area contributed by atoms with Crippen LogP contribution in [0.3, 0.4) is 0 Å². The van der Waals surface area contributed by atoms with Gasteiger partial charge in [0.1, 0.15) is 0 Å². The molecule has 82 valence electrons. The van der Waals surface area contributed by atoms with Crippen LogP contribution >= 0.6 is 0 Å². The van der Waals surface area contributed by atoms with Crippen molar-refractivity contribution in [1.82, 2.24) is 0 Å². The Morgan fingerprint density at radius 1 is 1.57 bits per heavy atom. The third-order valence-electron chi connectivity index (χ3n) is 2.86. The van der Waals surface area contributed by atoms with E-state index in [9.17, 15) is 8.42 Å². The monoisotopic (exact) mass is 217 g/mol. The first-order valence-electron chi connectivity index (χ1n) is 5.07. The second kappa shape index (κ2) is 4.45. The predicted octanol–water partition coefficient (Wildman–Crippen LogP) is 1.66. The van der Waals surface area contributed by atoms with Gasteiger partial charge in [-0.1, -0.05) is 25.8 Å². The fourth-order valence-corrected chi connectivity index (χ4v) is 3.09. The van der Waals surface area contributed by atoms with E-state index in [-0.39, 0.29) is 11.2 Å². The molecule has 0 radical (unpaired) electrons. The molecule has 4 heteroatoms. The van der Waals surface area contributed by atoms with Crippen molar-refractivity contribution in [3.8, 4) is 0 Å². The van der Waals surface area contributed by atoms with Crippen molar-refractivity contribution in [2.45, 2.75) is 37.9 Å². The van der Waals surface area contributed by atoms with Gasteiger partial charge in [0, 0.05) is 0 Å². The summed E-state index contributed by atoms with van der Waals surface area (Å²) in [6, 6.07) is 0. The molecule has 1 saturated carbocycles. The Bertz CT molecular complexity index is 293. The average Bonchev–Trinajstić information content (AvgIpc) is 2.81. The molecule has 3 nitrogen and oxygen atoms in total. The lowest BCUT2D eigenvalue weighted by Crippen LogP contribution is -2.34. The first-order valence-corrected chi connectivity index (χ1v) is 6.68. The van der Waals surface area contributed by atoms with E-state index >= 15 is 0 Å². The van der Waals surface area contributed by atoms with Crippen molar-refractivity contribution in [1.29, 1.82) is 0 Å². The normalized spacial score (nSPS) is 21.6. The molecule has 0 spiro atoms. The number of primary sulfonamides is 1. The molecule has 0 heterocycles. The molecule has 1 rings (SSSR count). The summed E-state index contributed by atoms with van der Waals surface area (Å²) < 4.78 is 22.7. The van der Waals surface area contributed by atoms with E-state index in [0.717, 1.165) is 19.3 Å². The van der Waals surface area contributed by atoms with Gasteiger partial charge in [-0.25, -0.2) is 13.6 Å². The van der Waals surface area contributed by atoms with E-state index in [2.05, 4.69) is 6.58 Å². The molecule has 0 aliphatic heterocycles. The Hall–Kier alpha value is -0.350. The first-order chi connectivity index (χ1) is 6.45. The summed E-state index contributed by atoms with van der Waals surface area (Å²) in [4.78, 5) is 0. The minimum absolute atomic E-state index is 0.0862. The highest BCUT2D eigenvalue weighted by Crippen LogP contribution is 2.37. The van der Waals surface area contributed by atoms with Gasteiger partial charge in [-0.3, -0.25) is 0 Å². The van der Waals surface area contributed by atoms with Crippen molar-refractivity contribution < 1.29 is 8.42 Å². The van der Waals surface area contributed by atoms with Crippen LogP contribution in [0, 0.1) is 11.8 Å². The summed E-state index contributed by atoms with van der Waals surface area (Å²) in [6.07, 6.45) is 5.52. The summed E-state index contributed by atoms with van der Waals surface area (Å²) in [5, 5.41) is 4.84. The van der Waals surface area contributed by atoms with Crippen LogP contribution in [0.25, 0.3) is 0 Å². The lowest BCUT2D eigenvalue weighted by Gasteiger charge is -2.20. The molecule has 2 atom stereocenters. The molecular formula is C10H19NO2S. The Kier molecular flexibility index (Phi) is 3.72. The highest BCUT2D eigenvalue weighted by molar-refractivity contribution is 7.89. The maximum Gasteiger partial charge on any atom is 0.212 e. The van der Waals surface area contributed by atoms with E-state index in [1.807, 2.05) is 6.92 Å². The third kappa shape index (κ3) is 3.42. The molecule has 0 unspecified atom stereocenters. The zero-order valence-electron chi connectivity index (χ0n) is 8.65. The van der Waals surface area contributed by atoms with Gasteiger partial charge in [0.25, 0.3) is 0 Å². The first kappa shape index (κ1) is 11.7. The van der Waals surface area contributed by atoms with Crippen LogP contribution < -0.4 is 5.14 Å². The molecule has 0 aromatic carbocycles. The van der Waals surface area contributed by atoms with Crippen LogP contribution in [-0.4, -0.2) is 13.7 Å². The molecule has 14 heavy (non-hydrogen) atoms. The van der Waals surface area contributed by atoms with E-state index < -0.39 is 10.0 Å².